The van der Waals surface area contributed by atoms with Crippen molar-refractivity contribution in [3.63, 3.8) is 0 Å². The molecule has 2 aromatic rings. The highest BCUT2D eigenvalue weighted by Gasteiger charge is 2.16. The summed E-state index contributed by atoms with van der Waals surface area (Å²) in [5.41, 5.74) is 0.793. The minimum absolute atomic E-state index is 0.108. The van der Waals surface area contributed by atoms with Crippen LogP contribution in [0.15, 0.2) is 17.6 Å². The molecular formula is C11H9NO3S. The molecule has 5 heteroatoms. The van der Waals surface area contributed by atoms with Crippen LogP contribution < -0.4 is 0 Å². The number of fused-ring (bicyclic) bond motifs is 1. The molecule has 0 aliphatic rings. The largest absolute Gasteiger partial charge is 0.465 e. The van der Waals surface area contributed by atoms with Crippen LogP contribution in [0.25, 0.3) is 10.1 Å². The second-order valence-corrected chi connectivity index (χ2v) is 4.15. The second-order valence-electron chi connectivity index (χ2n) is 3.23. The Hall–Kier alpha value is -1.75. The first-order valence-corrected chi connectivity index (χ1v) is 5.48. The van der Waals surface area contributed by atoms with Crippen molar-refractivity contribution < 1.29 is 14.3 Å². The van der Waals surface area contributed by atoms with Crippen LogP contribution >= 0.6 is 11.3 Å². The molecule has 0 fully saturated rings. The highest BCUT2D eigenvalue weighted by molar-refractivity contribution is 7.17. The molecule has 4 nitrogen and oxygen atoms in total. The molecule has 0 aliphatic heterocycles. The third-order valence-corrected chi connectivity index (χ3v) is 3.15. The molecule has 0 unspecified atom stereocenters. The molecule has 2 rings (SSSR count). The van der Waals surface area contributed by atoms with Crippen molar-refractivity contribution >= 4 is 33.2 Å². The summed E-state index contributed by atoms with van der Waals surface area (Å²) in [5, 5.41) is 2.54. The number of rotatable bonds is 2. The molecule has 0 bridgehead atoms. The first kappa shape index (κ1) is 10.8. The summed E-state index contributed by atoms with van der Waals surface area (Å²) >= 11 is 1.39. The molecule has 0 N–H and O–H groups in total. The first-order chi connectivity index (χ1) is 7.65. The minimum atomic E-state index is -0.439. The van der Waals surface area contributed by atoms with E-state index in [1.807, 2.05) is 5.38 Å². The molecule has 2 heterocycles. The molecule has 0 spiro atoms. The molecule has 0 saturated carbocycles. The number of ether oxygens (including phenoxy) is 1. The van der Waals surface area contributed by atoms with Crippen molar-refractivity contribution in [3.05, 3.63) is 28.9 Å². The van der Waals surface area contributed by atoms with Gasteiger partial charge in [0, 0.05) is 18.5 Å². The predicted octanol–water partition coefficient (Wildman–Crippen LogP) is 2.29. The van der Waals surface area contributed by atoms with Crippen molar-refractivity contribution in [1.29, 1.82) is 0 Å². The lowest BCUT2D eigenvalue weighted by atomic mass is 10.1. The van der Waals surface area contributed by atoms with Crippen LogP contribution in [0.1, 0.15) is 27.8 Å². The van der Waals surface area contributed by atoms with Crippen LogP contribution in [0, 0.1) is 0 Å². The lowest BCUT2D eigenvalue weighted by Crippen LogP contribution is -2.05. The maximum absolute atomic E-state index is 11.5. The van der Waals surface area contributed by atoms with Gasteiger partial charge in [0.05, 0.1) is 17.4 Å². The number of methoxy groups -OCH3 is 1. The summed E-state index contributed by atoms with van der Waals surface area (Å²) in [6.45, 7) is 1.46. The standard InChI is InChI=1S/C11H9NO3S/c1-6(13)9-10-7(3-4-16-10)8(5-12-9)11(14)15-2/h3-5H,1-2H3. The summed E-state index contributed by atoms with van der Waals surface area (Å²) in [6.07, 6.45) is 1.39. The molecule has 0 atom stereocenters. The van der Waals surface area contributed by atoms with Gasteiger partial charge in [-0.2, -0.15) is 0 Å². The number of aromatic nitrogens is 1. The quantitative estimate of drug-likeness (QED) is 0.592. The van der Waals surface area contributed by atoms with Crippen molar-refractivity contribution in [2.45, 2.75) is 6.92 Å². The zero-order valence-corrected chi connectivity index (χ0v) is 9.63. The van der Waals surface area contributed by atoms with E-state index in [0.29, 0.717) is 11.3 Å². The monoisotopic (exact) mass is 235 g/mol. The molecule has 0 amide bonds. The smallest absolute Gasteiger partial charge is 0.340 e. The molecule has 16 heavy (non-hydrogen) atoms. The normalized spacial score (nSPS) is 10.4. The molecule has 0 radical (unpaired) electrons. The van der Waals surface area contributed by atoms with Crippen LogP contribution in [0.5, 0.6) is 0 Å². The van der Waals surface area contributed by atoms with Gasteiger partial charge < -0.3 is 4.74 Å². The van der Waals surface area contributed by atoms with Crippen molar-refractivity contribution in [1.82, 2.24) is 4.98 Å². The van der Waals surface area contributed by atoms with Crippen LogP contribution in [0.2, 0.25) is 0 Å². The fourth-order valence-electron chi connectivity index (χ4n) is 1.49. The van der Waals surface area contributed by atoms with Crippen LogP contribution in [0.4, 0.5) is 0 Å². The Balaban J connectivity index is 2.73. The summed E-state index contributed by atoms with van der Waals surface area (Å²) in [6, 6.07) is 1.79. The molecule has 0 saturated heterocycles. The van der Waals surface area contributed by atoms with E-state index < -0.39 is 5.97 Å². The Kier molecular flexibility index (Phi) is 2.70. The van der Waals surface area contributed by atoms with E-state index in [0.717, 1.165) is 10.1 Å². The van der Waals surface area contributed by atoms with E-state index in [4.69, 9.17) is 0 Å². The number of nitrogens with zero attached hydrogens (tertiary/aromatic N) is 1. The summed E-state index contributed by atoms with van der Waals surface area (Å²) in [4.78, 5) is 26.8. The Bertz CT molecular complexity index is 574. The highest BCUT2D eigenvalue weighted by Crippen LogP contribution is 2.27. The van der Waals surface area contributed by atoms with Gasteiger partial charge in [-0.3, -0.25) is 9.78 Å². The van der Waals surface area contributed by atoms with E-state index in [2.05, 4.69) is 9.72 Å². The SMILES string of the molecule is COC(=O)c1cnc(C(C)=O)c2sccc12. The zero-order chi connectivity index (χ0) is 11.7. The van der Waals surface area contributed by atoms with Gasteiger partial charge in [-0.15, -0.1) is 11.3 Å². The number of hydrogen-bond acceptors (Lipinski definition) is 5. The molecule has 0 aliphatic carbocycles. The Morgan fingerprint density at radius 3 is 2.81 bits per heavy atom. The van der Waals surface area contributed by atoms with Crippen molar-refractivity contribution in [3.8, 4) is 0 Å². The van der Waals surface area contributed by atoms with Gasteiger partial charge in [0.15, 0.2) is 5.78 Å². The number of esters is 1. The van der Waals surface area contributed by atoms with Crippen molar-refractivity contribution in [2.24, 2.45) is 0 Å². The molecule has 0 aromatic carbocycles. The Morgan fingerprint density at radius 1 is 1.44 bits per heavy atom. The van der Waals surface area contributed by atoms with Gasteiger partial charge in [0.25, 0.3) is 0 Å². The third-order valence-electron chi connectivity index (χ3n) is 2.23. The molecule has 2 aromatic heterocycles. The van der Waals surface area contributed by atoms with E-state index in [1.54, 1.807) is 6.07 Å². The maximum atomic E-state index is 11.5. The molecular weight excluding hydrogens is 226 g/mol. The number of carbonyl (C=O) groups is 2. The van der Waals surface area contributed by atoms with E-state index in [-0.39, 0.29) is 5.78 Å². The fraction of sp³-hybridized carbons (Fsp3) is 0.182. The van der Waals surface area contributed by atoms with Gasteiger partial charge in [-0.1, -0.05) is 0 Å². The average Bonchev–Trinajstić information content (AvgIpc) is 2.75. The fourth-order valence-corrected chi connectivity index (χ4v) is 2.44. The van der Waals surface area contributed by atoms with Gasteiger partial charge in [0.2, 0.25) is 0 Å². The van der Waals surface area contributed by atoms with Gasteiger partial charge >= 0.3 is 5.97 Å². The minimum Gasteiger partial charge on any atom is -0.465 e. The predicted molar refractivity (Wildman–Crippen MR) is 61.0 cm³/mol. The first-order valence-electron chi connectivity index (χ1n) is 4.60. The van der Waals surface area contributed by atoms with Crippen LogP contribution in [-0.4, -0.2) is 23.8 Å². The number of Topliss-reactive ketones (excluding diaryl/α,β-unsaturated/α-hetero) is 1. The zero-order valence-electron chi connectivity index (χ0n) is 8.81. The average molecular weight is 235 g/mol. The lowest BCUT2D eigenvalue weighted by molar-refractivity contribution is 0.0602. The van der Waals surface area contributed by atoms with Gasteiger partial charge in [-0.05, 0) is 11.4 Å². The van der Waals surface area contributed by atoms with Crippen molar-refractivity contribution in [2.75, 3.05) is 7.11 Å². The number of hydrogen-bond donors (Lipinski definition) is 0. The maximum Gasteiger partial charge on any atom is 0.340 e. The van der Waals surface area contributed by atoms with E-state index in [9.17, 15) is 9.59 Å². The summed E-state index contributed by atoms with van der Waals surface area (Å²) in [5.74, 6) is -0.546. The van der Waals surface area contributed by atoms with E-state index in [1.165, 1.54) is 31.6 Å². The molecule has 82 valence electrons. The second kappa shape index (κ2) is 4.02. The number of pyridine rings is 1. The lowest BCUT2D eigenvalue weighted by Gasteiger charge is -2.03. The van der Waals surface area contributed by atoms with Crippen LogP contribution in [0.3, 0.4) is 0 Å². The van der Waals surface area contributed by atoms with Gasteiger partial charge in [-0.25, -0.2) is 4.79 Å². The highest BCUT2D eigenvalue weighted by atomic mass is 32.1. The summed E-state index contributed by atoms with van der Waals surface area (Å²) in [7, 11) is 1.32. The van der Waals surface area contributed by atoms with Gasteiger partial charge in [0.1, 0.15) is 5.69 Å². The number of ketones is 1. The van der Waals surface area contributed by atoms with Crippen LogP contribution in [-0.2, 0) is 4.74 Å². The number of carbonyl (C=O) groups excluding carboxylic acids is 2. The number of thiophene rings is 1. The topological polar surface area (TPSA) is 56.3 Å². The van der Waals surface area contributed by atoms with E-state index >= 15 is 0 Å². The Morgan fingerprint density at radius 2 is 2.19 bits per heavy atom. The summed E-state index contributed by atoms with van der Waals surface area (Å²) < 4.78 is 5.39. The third kappa shape index (κ3) is 1.59. The Labute approximate surface area is 95.9 Å².